The van der Waals surface area contributed by atoms with Crippen molar-refractivity contribution in [3.63, 3.8) is 0 Å². The van der Waals surface area contributed by atoms with Gasteiger partial charge in [-0.2, -0.15) is 0 Å². The van der Waals surface area contributed by atoms with E-state index in [4.69, 9.17) is 15.2 Å². The Morgan fingerprint density at radius 1 is 1.27 bits per heavy atom. The van der Waals surface area contributed by atoms with Crippen LogP contribution in [0.5, 0.6) is 11.5 Å². The summed E-state index contributed by atoms with van der Waals surface area (Å²) < 4.78 is 11.3. The van der Waals surface area contributed by atoms with Gasteiger partial charge in [-0.05, 0) is 41.0 Å². The van der Waals surface area contributed by atoms with E-state index in [2.05, 4.69) is 15.9 Å². The molecule has 0 bridgehead atoms. The Bertz CT molecular complexity index is 321. The number of benzene rings is 1. The third-order valence-electron chi connectivity index (χ3n) is 1.95. The summed E-state index contributed by atoms with van der Waals surface area (Å²) in [6.07, 6.45) is 0.777. The van der Waals surface area contributed by atoms with Crippen molar-refractivity contribution in [3.05, 3.63) is 22.2 Å². The molecule has 0 aromatic heterocycles. The van der Waals surface area contributed by atoms with Crippen LogP contribution in [-0.2, 0) is 6.42 Å². The van der Waals surface area contributed by atoms with Gasteiger partial charge in [-0.1, -0.05) is 0 Å². The second-order valence-electron chi connectivity index (χ2n) is 2.84. The molecule has 0 unspecified atom stereocenters. The van der Waals surface area contributed by atoms with Crippen LogP contribution in [0.1, 0.15) is 5.56 Å². The summed E-state index contributed by atoms with van der Waals surface area (Å²) in [5, 5.41) is 0. The van der Waals surface area contributed by atoms with Crippen LogP contribution in [0.4, 0.5) is 0 Å². The van der Waals surface area contributed by atoms with Gasteiger partial charge in [0.15, 0.2) is 0 Å². The van der Waals surface area contributed by atoms with E-state index in [1.165, 1.54) is 0 Å². The lowest BCUT2D eigenvalue weighted by Crippen LogP contribution is -2.05. The Labute approximate surface area is 104 Å². The highest BCUT2D eigenvalue weighted by molar-refractivity contribution is 9.10. The van der Waals surface area contributed by atoms with Gasteiger partial charge in [-0.3, -0.25) is 0 Å². The zero-order valence-electron chi connectivity index (χ0n) is 8.75. The maximum absolute atomic E-state index is 5.51. The van der Waals surface area contributed by atoms with Crippen LogP contribution >= 0.6 is 28.3 Å². The summed E-state index contributed by atoms with van der Waals surface area (Å²) in [7, 11) is 3.28. The molecule has 1 aromatic rings. The van der Waals surface area contributed by atoms with Gasteiger partial charge < -0.3 is 15.2 Å². The van der Waals surface area contributed by atoms with Gasteiger partial charge in [0.25, 0.3) is 0 Å². The number of rotatable bonds is 4. The lowest BCUT2D eigenvalue weighted by atomic mass is 10.1. The van der Waals surface area contributed by atoms with E-state index in [1.54, 1.807) is 14.2 Å². The molecule has 0 spiro atoms. The molecular formula is C10H15BrClNO2. The number of methoxy groups -OCH3 is 2. The van der Waals surface area contributed by atoms with Crippen LogP contribution < -0.4 is 15.2 Å². The highest BCUT2D eigenvalue weighted by Crippen LogP contribution is 2.33. The monoisotopic (exact) mass is 295 g/mol. The van der Waals surface area contributed by atoms with E-state index in [0.717, 1.165) is 28.0 Å². The average molecular weight is 297 g/mol. The van der Waals surface area contributed by atoms with Crippen LogP contribution in [-0.4, -0.2) is 20.8 Å². The minimum Gasteiger partial charge on any atom is -0.497 e. The Morgan fingerprint density at radius 3 is 2.40 bits per heavy atom. The van der Waals surface area contributed by atoms with E-state index in [-0.39, 0.29) is 12.4 Å². The fourth-order valence-electron chi connectivity index (χ4n) is 1.31. The standard InChI is InChI=1S/C10H14BrNO2.ClH/c1-13-8-5-7(3-4-12)10(14-2)9(11)6-8;/h5-6H,3-4,12H2,1-2H3;1H. The first-order valence-corrected chi connectivity index (χ1v) is 5.12. The molecule has 0 saturated heterocycles. The van der Waals surface area contributed by atoms with Crippen LogP contribution in [0.15, 0.2) is 16.6 Å². The highest BCUT2D eigenvalue weighted by Gasteiger charge is 2.09. The molecule has 0 radical (unpaired) electrons. The number of ether oxygens (including phenoxy) is 2. The third kappa shape index (κ3) is 3.55. The Kier molecular flexibility index (Phi) is 6.72. The van der Waals surface area contributed by atoms with Gasteiger partial charge in [0, 0.05) is 5.56 Å². The first kappa shape index (κ1) is 14.6. The Balaban J connectivity index is 0.00000196. The van der Waals surface area contributed by atoms with Gasteiger partial charge in [0.2, 0.25) is 0 Å². The second-order valence-corrected chi connectivity index (χ2v) is 3.69. The predicted octanol–water partition coefficient (Wildman–Crippen LogP) is 2.39. The third-order valence-corrected chi connectivity index (χ3v) is 2.54. The van der Waals surface area contributed by atoms with Crippen molar-refractivity contribution in [3.8, 4) is 11.5 Å². The first-order valence-electron chi connectivity index (χ1n) is 4.33. The molecule has 15 heavy (non-hydrogen) atoms. The number of hydrogen-bond donors (Lipinski definition) is 1. The second kappa shape index (κ2) is 6.93. The molecule has 86 valence electrons. The molecule has 0 aliphatic rings. The average Bonchev–Trinajstić information content (AvgIpc) is 2.18. The van der Waals surface area contributed by atoms with Crippen molar-refractivity contribution in [1.82, 2.24) is 0 Å². The molecule has 0 aliphatic heterocycles. The lowest BCUT2D eigenvalue weighted by molar-refractivity contribution is 0.396. The molecule has 1 aromatic carbocycles. The molecule has 0 aliphatic carbocycles. The SMILES string of the molecule is COc1cc(Br)c(OC)c(CCN)c1.Cl. The summed E-state index contributed by atoms with van der Waals surface area (Å²) in [5.74, 6) is 1.64. The van der Waals surface area contributed by atoms with E-state index in [9.17, 15) is 0 Å². The minimum atomic E-state index is 0. The van der Waals surface area contributed by atoms with Crippen LogP contribution in [0.2, 0.25) is 0 Å². The van der Waals surface area contributed by atoms with E-state index < -0.39 is 0 Å². The van der Waals surface area contributed by atoms with Crippen molar-refractivity contribution in [2.75, 3.05) is 20.8 Å². The zero-order chi connectivity index (χ0) is 10.6. The molecule has 3 nitrogen and oxygen atoms in total. The molecule has 1 rings (SSSR count). The first-order chi connectivity index (χ1) is 6.72. The normalized spacial score (nSPS) is 9.33. The predicted molar refractivity (Wildman–Crippen MR) is 67.3 cm³/mol. The van der Waals surface area contributed by atoms with Crippen LogP contribution in [0.25, 0.3) is 0 Å². The molecule has 5 heteroatoms. The van der Waals surface area contributed by atoms with Gasteiger partial charge in [0.1, 0.15) is 11.5 Å². The van der Waals surface area contributed by atoms with Crippen molar-refractivity contribution in [2.24, 2.45) is 5.73 Å². The van der Waals surface area contributed by atoms with Crippen molar-refractivity contribution in [2.45, 2.75) is 6.42 Å². The maximum Gasteiger partial charge on any atom is 0.136 e. The van der Waals surface area contributed by atoms with Crippen LogP contribution in [0.3, 0.4) is 0 Å². The number of nitrogens with two attached hydrogens (primary N) is 1. The van der Waals surface area contributed by atoms with E-state index >= 15 is 0 Å². The van der Waals surface area contributed by atoms with Crippen molar-refractivity contribution in [1.29, 1.82) is 0 Å². The van der Waals surface area contributed by atoms with E-state index in [0.29, 0.717) is 6.54 Å². The van der Waals surface area contributed by atoms with Gasteiger partial charge in [-0.25, -0.2) is 0 Å². The molecular weight excluding hydrogens is 281 g/mol. The molecule has 0 atom stereocenters. The molecule has 0 amide bonds. The topological polar surface area (TPSA) is 44.5 Å². The largest absolute Gasteiger partial charge is 0.497 e. The van der Waals surface area contributed by atoms with E-state index in [1.807, 2.05) is 12.1 Å². The van der Waals surface area contributed by atoms with Crippen molar-refractivity contribution >= 4 is 28.3 Å². The van der Waals surface area contributed by atoms with Gasteiger partial charge in [0.05, 0.1) is 18.7 Å². The summed E-state index contributed by atoms with van der Waals surface area (Å²) in [6, 6.07) is 3.81. The maximum atomic E-state index is 5.51. The summed E-state index contributed by atoms with van der Waals surface area (Å²) >= 11 is 3.42. The number of hydrogen-bond acceptors (Lipinski definition) is 3. The summed E-state index contributed by atoms with van der Waals surface area (Å²) in [5.41, 5.74) is 6.57. The molecule has 0 heterocycles. The summed E-state index contributed by atoms with van der Waals surface area (Å²) in [6.45, 7) is 0.593. The molecule has 0 saturated carbocycles. The Hall–Kier alpha value is -0.450. The molecule has 2 N–H and O–H groups in total. The van der Waals surface area contributed by atoms with Gasteiger partial charge in [-0.15, -0.1) is 12.4 Å². The highest BCUT2D eigenvalue weighted by atomic mass is 79.9. The smallest absolute Gasteiger partial charge is 0.136 e. The zero-order valence-corrected chi connectivity index (χ0v) is 11.2. The lowest BCUT2D eigenvalue weighted by Gasteiger charge is -2.11. The van der Waals surface area contributed by atoms with Crippen molar-refractivity contribution < 1.29 is 9.47 Å². The minimum absolute atomic E-state index is 0. The number of halogens is 2. The van der Waals surface area contributed by atoms with Crippen LogP contribution in [0, 0.1) is 0 Å². The Morgan fingerprint density at radius 2 is 1.93 bits per heavy atom. The summed E-state index contributed by atoms with van der Waals surface area (Å²) in [4.78, 5) is 0. The fraction of sp³-hybridized carbons (Fsp3) is 0.400. The van der Waals surface area contributed by atoms with Gasteiger partial charge >= 0.3 is 0 Å². The quantitative estimate of drug-likeness (QED) is 0.928. The fourth-order valence-corrected chi connectivity index (χ4v) is 1.95. The molecule has 0 fully saturated rings.